The van der Waals surface area contributed by atoms with Crippen LogP contribution in [0.2, 0.25) is 0 Å². The molecule has 176 valence electrons. The first-order chi connectivity index (χ1) is 17.1. The van der Waals surface area contributed by atoms with Crippen LogP contribution >= 0.6 is 11.3 Å². The third kappa shape index (κ3) is 3.99. The lowest BCUT2D eigenvalue weighted by Crippen LogP contribution is -2.02. The highest BCUT2D eigenvalue weighted by atomic mass is 32.1. The second kappa shape index (κ2) is 8.51. The summed E-state index contributed by atoms with van der Waals surface area (Å²) < 4.78 is 24.6. The normalized spacial score (nSPS) is 13.3. The van der Waals surface area contributed by atoms with Gasteiger partial charge in [-0.2, -0.15) is 0 Å². The summed E-state index contributed by atoms with van der Waals surface area (Å²) in [5, 5.41) is 5.67. The number of allylic oxidation sites excluding steroid dienone is 1. The van der Waals surface area contributed by atoms with E-state index in [0.29, 0.717) is 44.5 Å². The van der Waals surface area contributed by atoms with Crippen molar-refractivity contribution < 1.29 is 18.6 Å². The number of nitrogens with zero attached hydrogens (tertiary/aromatic N) is 6. The maximum Gasteiger partial charge on any atom is 0.294 e. The minimum absolute atomic E-state index is 0.248. The fourth-order valence-electron chi connectivity index (χ4n) is 3.76. The van der Waals surface area contributed by atoms with Gasteiger partial charge >= 0.3 is 0 Å². The average Bonchev–Trinajstić information content (AvgIpc) is 3.64. The molecule has 0 bridgehead atoms. The van der Waals surface area contributed by atoms with Crippen LogP contribution in [0, 0.1) is 0 Å². The number of hydrogen-bond acceptors (Lipinski definition) is 10. The van der Waals surface area contributed by atoms with Gasteiger partial charge in [0.15, 0.2) is 11.6 Å². The molecular weight excluding hydrogens is 468 g/mol. The lowest BCUT2D eigenvalue weighted by atomic mass is 10.2. The zero-order valence-electron chi connectivity index (χ0n) is 19.2. The molecule has 0 aliphatic carbocycles. The first-order valence-electron chi connectivity index (χ1n) is 10.8. The molecule has 10 nitrogen and oxygen atoms in total. The van der Waals surface area contributed by atoms with Gasteiger partial charge in [-0.3, -0.25) is 4.99 Å². The van der Waals surface area contributed by atoms with Crippen molar-refractivity contribution in [1.82, 2.24) is 24.6 Å². The molecule has 0 unspecified atom stereocenters. The van der Waals surface area contributed by atoms with Crippen LogP contribution in [0.5, 0.6) is 16.7 Å². The number of hydrogen-bond donors (Lipinski definition) is 0. The second-order valence-electron chi connectivity index (χ2n) is 7.87. The van der Waals surface area contributed by atoms with Gasteiger partial charge in [0.1, 0.15) is 35.1 Å². The third-order valence-corrected chi connectivity index (χ3v) is 6.36. The summed E-state index contributed by atoms with van der Waals surface area (Å²) in [6, 6.07) is 7.38. The summed E-state index contributed by atoms with van der Waals surface area (Å²) in [5.41, 5.74) is 3.87. The average molecular weight is 489 g/mol. The molecule has 0 fully saturated rings. The molecule has 0 saturated heterocycles. The van der Waals surface area contributed by atoms with Gasteiger partial charge in [0.05, 0.1) is 31.5 Å². The monoisotopic (exact) mass is 488 g/mol. The fraction of sp³-hybridized carbons (Fsp3) is 0.208. The molecule has 6 rings (SSSR count). The standard InChI is InChI=1S/C24H20N6O4S/c1-13-4-5-17(26-13)22-25-7-6-14(27-22)12-33-19-8-15(31-2)9-20-16(19)10-21(34-20)18-11-30-23(28-18)35-24(29-30)32-3/h5-11H,4,12H2,1-3H3. The van der Waals surface area contributed by atoms with Gasteiger partial charge in [0, 0.05) is 30.5 Å². The van der Waals surface area contributed by atoms with Crippen molar-refractivity contribution in [2.45, 2.75) is 20.0 Å². The summed E-state index contributed by atoms with van der Waals surface area (Å²) in [5.74, 6) is 2.43. The van der Waals surface area contributed by atoms with E-state index in [4.69, 9.17) is 18.6 Å². The van der Waals surface area contributed by atoms with E-state index in [-0.39, 0.29) is 6.61 Å². The van der Waals surface area contributed by atoms with Crippen molar-refractivity contribution in [3.05, 3.63) is 54.3 Å². The number of imidazole rings is 1. The van der Waals surface area contributed by atoms with Gasteiger partial charge in [0.2, 0.25) is 4.96 Å². The van der Waals surface area contributed by atoms with Crippen molar-refractivity contribution in [2.24, 2.45) is 4.99 Å². The Kier molecular flexibility index (Phi) is 5.18. The van der Waals surface area contributed by atoms with Gasteiger partial charge in [-0.05, 0) is 36.5 Å². The molecule has 0 radical (unpaired) electrons. The van der Waals surface area contributed by atoms with Gasteiger partial charge in [-0.1, -0.05) is 0 Å². The molecule has 4 aromatic heterocycles. The summed E-state index contributed by atoms with van der Waals surface area (Å²) in [4.78, 5) is 18.8. The molecule has 0 atom stereocenters. The van der Waals surface area contributed by atoms with E-state index in [1.54, 1.807) is 31.1 Å². The Morgan fingerprint density at radius 2 is 2.06 bits per heavy atom. The Bertz CT molecular complexity index is 1600. The minimum Gasteiger partial charge on any atom is -0.496 e. The van der Waals surface area contributed by atoms with Crippen LogP contribution in [0.1, 0.15) is 24.9 Å². The zero-order valence-corrected chi connectivity index (χ0v) is 20.0. The van der Waals surface area contributed by atoms with Crippen molar-refractivity contribution in [1.29, 1.82) is 0 Å². The Morgan fingerprint density at radius 1 is 1.14 bits per heavy atom. The van der Waals surface area contributed by atoms with Gasteiger partial charge < -0.3 is 18.6 Å². The number of benzene rings is 1. The van der Waals surface area contributed by atoms with Crippen molar-refractivity contribution >= 4 is 38.7 Å². The first-order valence-corrected chi connectivity index (χ1v) is 11.6. The van der Waals surface area contributed by atoms with Crippen LogP contribution < -0.4 is 14.2 Å². The maximum atomic E-state index is 6.17. The van der Waals surface area contributed by atoms with E-state index < -0.39 is 0 Å². The predicted molar refractivity (Wildman–Crippen MR) is 131 cm³/mol. The molecule has 1 aromatic carbocycles. The Balaban J connectivity index is 1.30. The molecule has 0 spiro atoms. The zero-order chi connectivity index (χ0) is 23.9. The number of aromatic nitrogens is 5. The summed E-state index contributed by atoms with van der Waals surface area (Å²) in [7, 11) is 3.18. The molecule has 0 saturated carbocycles. The topological polar surface area (TPSA) is 109 Å². The second-order valence-corrected chi connectivity index (χ2v) is 8.79. The van der Waals surface area contributed by atoms with Gasteiger partial charge in [-0.15, -0.1) is 5.10 Å². The van der Waals surface area contributed by atoms with Gasteiger partial charge in [-0.25, -0.2) is 19.5 Å². The maximum absolute atomic E-state index is 6.17. The molecular formula is C24H20N6O4S. The highest BCUT2D eigenvalue weighted by Gasteiger charge is 2.18. The number of methoxy groups -OCH3 is 2. The summed E-state index contributed by atoms with van der Waals surface area (Å²) in [6.07, 6.45) is 6.37. The highest BCUT2D eigenvalue weighted by Crippen LogP contribution is 2.37. The smallest absolute Gasteiger partial charge is 0.294 e. The number of ether oxygens (including phenoxy) is 3. The van der Waals surface area contributed by atoms with Crippen LogP contribution in [0.3, 0.4) is 0 Å². The molecule has 35 heavy (non-hydrogen) atoms. The van der Waals surface area contributed by atoms with E-state index in [0.717, 1.165) is 28.9 Å². The number of fused-ring (bicyclic) bond motifs is 2. The van der Waals surface area contributed by atoms with E-state index in [9.17, 15) is 0 Å². The molecule has 0 N–H and O–H groups in total. The number of rotatable bonds is 7. The summed E-state index contributed by atoms with van der Waals surface area (Å²) in [6.45, 7) is 2.24. The van der Waals surface area contributed by atoms with E-state index in [1.165, 1.54) is 11.3 Å². The fourth-order valence-corrected chi connectivity index (χ4v) is 4.46. The minimum atomic E-state index is 0.248. The van der Waals surface area contributed by atoms with Crippen molar-refractivity contribution in [3.63, 3.8) is 0 Å². The molecule has 5 aromatic rings. The van der Waals surface area contributed by atoms with Crippen molar-refractivity contribution in [2.75, 3.05) is 14.2 Å². The van der Waals surface area contributed by atoms with E-state index >= 15 is 0 Å². The van der Waals surface area contributed by atoms with Crippen LogP contribution in [0.25, 0.3) is 33.1 Å². The highest BCUT2D eigenvalue weighted by molar-refractivity contribution is 7.18. The number of aliphatic imine (C=N–C) groups is 1. The third-order valence-electron chi connectivity index (χ3n) is 5.48. The lowest BCUT2D eigenvalue weighted by Gasteiger charge is -2.09. The Labute approximate surface area is 203 Å². The quantitative estimate of drug-likeness (QED) is 0.321. The Hall–Kier alpha value is -4.25. The molecule has 5 heterocycles. The predicted octanol–water partition coefficient (Wildman–Crippen LogP) is 4.80. The number of furan rings is 1. The van der Waals surface area contributed by atoms with E-state index in [2.05, 4.69) is 25.0 Å². The van der Waals surface area contributed by atoms with Crippen LogP contribution in [0.4, 0.5) is 0 Å². The molecule has 0 amide bonds. The van der Waals surface area contributed by atoms with Crippen LogP contribution in [-0.2, 0) is 6.61 Å². The van der Waals surface area contributed by atoms with Gasteiger partial charge in [0.25, 0.3) is 5.19 Å². The summed E-state index contributed by atoms with van der Waals surface area (Å²) >= 11 is 1.35. The molecule has 1 aliphatic heterocycles. The molecule has 11 heteroatoms. The van der Waals surface area contributed by atoms with E-state index in [1.807, 2.05) is 37.3 Å². The first kappa shape index (κ1) is 21.3. The SMILES string of the molecule is COc1cc(OCc2ccnc(C3=CCC(C)=N3)n2)c2cc(-c3cn4nc(OC)sc4n3)oc2c1. The van der Waals surface area contributed by atoms with Crippen molar-refractivity contribution in [3.8, 4) is 28.1 Å². The lowest BCUT2D eigenvalue weighted by molar-refractivity contribution is 0.302. The molecule has 1 aliphatic rings. The largest absolute Gasteiger partial charge is 0.496 e. The Morgan fingerprint density at radius 3 is 2.83 bits per heavy atom. The van der Waals surface area contributed by atoms with Crippen LogP contribution in [-0.4, -0.2) is 44.5 Å². The van der Waals surface area contributed by atoms with Crippen LogP contribution in [0.15, 0.2) is 52.1 Å².